The van der Waals surface area contributed by atoms with Gasteiger partial charge in [-0.05, 0) is 48.7 Å². The SMILES string of the molecule is O=C(O)[C@@H](Cc1c[nH]c2ccccc12)NS(=O)(=O)c1ccc(C#CCCCCO)cc1. The normalized spacial score (nSPS) is 12.3. The van der Waals surface area contributed by atoms with Crippen molar-refractivity contribution in [2.75, 3.05) is 6.61 Å². The fraction of sp³-hybridized carbons (Fsp3) is 0.261. The van der Waals surface area contributed by atoms with Crippen LogP contribution in [0.2, 0.25) is 0 Å². The number of carbonyl (C=O) groups is 1. The number of aliphatic carboxylic acids is 1. The topological polar surface area (TPSA) is 119 Å². The molecule has 0 saturated carbocycles. The third-order valence-electron chi connectivity index (χ3n) is 4.80. The summed E-state index contributed by atoms with van der Waals surface area (Å²) in [5.41, 5.74) is 2.24. The van der Waals surface area contributed by atoms with E-state index in [4.69, 9.17) is 5.11 Å². The maximum atomic E-state index is 12.7. The molecule has 0 amide bonds. The summed E-state index contributed by atoms with van der Waals surface area (Å²) in [6.45, 7) is 0.138. The third kappa shape index (κ3) is 5.95. The standard InChI is InChI=1S/C23H24N2O5S/c26-14-6-2-1-3-7-17-10-12-19(13-11-17)31(29,30)25-22(23(27)28)15-18-16-24-21-9-5-4-8-20(18)21/h4-5,8-13,16,22,24-26H,1-2,6,14-15H2,(H,27,28)/t22-/m1/s1. The van der Waals surface area contributed by atoms with Crippen molar-refractivity contribution in [3.05, 3.63) is 65.9 Å². The van der Waals surface area contributed by atoms with E-state index in [2.05, 4.69) is 21.5 Å². The molecule has 0 fully saturated rings. The molecule has 162 valence electrons. The Balaban J connectivity index is 1.72. The molecule has 3 aromatic rings. The summed E-state index contributed by atoms with van der Waals surface area (Å²) in [4.78, 5) is 14.8. The maximum Gasteiger partial charge on any atom is 0.322 e. The number of aromatic amines is 1. The highest BCUT2D eigenvalue weighted by atomic mass is 32.2. The minimum atomic E-state index is -4.03. The number of H-pyrrole nitrogens is 1. The van der Waals surface area contributed by atoms with Crippen LogP contribution in [0, 0.1) is 11.8 Å². The van der Waals surface area contributed by atoms with Gasteiger partial charge in [0, 0.05) is 42.1 Å². The van der Waals surface area contributed by atoms with E-state index >= 15 is 0 Å². The van der Waals surface area contributed by atoms with Gasteiger partial charge in [0.05, 0.1) is 4.90 Å². The summed E-state index contributed by atoms with van der Waals surface area (Å²) >= 11 is 0. The number of para-hydroxylation sites is 1. The molecule has 1 heterocycles. The number of sulfonamides is 1. The third-order valence-corrected chi connectivity index (χ3v) is 6.29. The van der Waals surface area contributed by atoms with E-state index < -0.39 is 22.0 Å². The van der Waals surface area contributed by atoms with Gasteiger partial charge in [-0.2, -0.15) is 4.72 Å². The van der Waals surface area contributed by atoms with Crippen LogP contribution in [0.3, 0.4) is 0 Å². The number of hydrogen-bond donors (Lipinski definition) is 4. The molecule has 7 nitrogen and oxygen atoms in total. The van der Waals surface area contributed by atoms with Crippen molar-refractivity contribution in [3.63, 3.8) is 0 Å². The van der Waals surface area contributed by atoms with Crippen molar-refractivity contribution in [2.45, 2.75) is 36.6 Å². The number of aliphatic hydroxyl groups excluding tert-OH is 1. The van der Waals surface area contributed by atoms with Gasteiger partial charge < -0.3 is 15.2 Å². The maximum absolute atomic E-state index is 12.7. The number of carboxylic acid groups (broad SMARTS) is 1. The average molecular weight is 441 g/mol. The Morgan fingerprint density at radius 3 is 2.55 bits per heavy atom. The lowest BCUT2D eigenvalue weighted by molar-refractivity contribution is -0.138. The van der Waals surface area contributed by atoms with Gasteiger partial charge in [0.1, 0.15) is 6.04 Å². The molecule has 1 atom stereocenters. The largest absolute Gasteiger partial charge is 0.480 e. The van der Waals surface area contributed by atoms with Crippen LogP contribution in [0.5, 0.6) is 0 Å². The van der Waals surface area contributed by atoms with E-state index in [1.165, 1.54) is 12.1 Å². The zero-order chi connectivity index (χ0) is 22.3. The highest BCUT2D eigenvalue weighted by Gasteiger charge is 2.26. The predicted octanol–water partition coefficient (Wildman–Crippen LogP) is 2.66. The van der Waals surface area contributed by atoms with Crippen molar-refractivity contribution in [1.29, 1.82) is 0 Å². The lowest BCUT2D eigenvalue weighted by Gasteiger charge is -2.14. The smallest absolute Gasteiger partial charge is 0.322 e. The van der Waals surface area contributed by atoms with E-state index in [9.17, 15) is 18.3 Å². The molecule has 0 aliphatic carbocycles. The van der Waals surface area contributed by atoms with Crippen LogP contribution >= 0.6 is 0 Å². The van der Waals surface area contributed by atoms with Gasteiger partial charge in [-0.1, -0.05) is 30.0 Å². The number of hydrogen-bond acceptors (Lipinski definition) is 4. The van der Waals surface area contributed by atoms with E-state index in [0.717, 1.165) is 22.9 Å². The summed E-state index contributed by atoms with van der Waals surface area (Å²) < 4.78 is 27.8. The zero-order valence-electron chi connectivity index (χ0n) is 16.8. The number of fused-ring (bicyclic) bond motifs is 1. The summed E-state index contributed by atoms with van der Waals surface area (Å²) in [7, 11) is -4.03. The summed E-state index contributed by atoms with van der Waals surface area (Å²) in [5.74, 6) is 4.67. The van der Waals surface area contributed by atoms with Gasteiger partial charge in [0.2, 0.25) is 10.0 Å². The molecule has 2 aromatic carbocycles. The molecule has 0 aliphatic rings. The highest BCUT2D eigenvalue weighted by Crippen LogP contribution is 2.20. The molecule has 0 spiro atoms. The van der Waals surface area contributed by atoms with Crippen LogP contribution < -0.4 is 4.72 Å². The molecule has 0 bridgehead atoms. The summed E-state index contributed by atoms with van der Waals surface area (Å²) in [5, 5.41) is 19.2. The summed E-state index contributed by atoms with van der Waals surface area (Å²) in [6.07, 6.45) is 3.85. The molecular formula is C23H24N2O5S. The van der Waals surface area contributed by atoms with Gasteiger partial charge in [-0.3, -0.25) is 4.79 Å². The quantitative estimate of drug-likeness (QED) is 0.301. The second kappa shape index (κ2) is 10.3. The van der Waals surface area contributed by atoms with Crippen molar-refractivity contribution in [1.82, 2.24) is 9.71 Å². The van der Waals surface area contributed by atoms with Gasteiger partial charge in [0.15, 0.2) is 0 Å². The number of nitrogens with one attached hydrogen (secondary N) is 2. The molecule has 31 heavy (non-hydrogen) atoms. The second-order valence-electron chi connectivity index (χ2n) is 7.08. The van der Waals surface area contributed by atoms with E-state index in [1.807, 2.05) is 24.3 Å². The first-order valence-corrected chi connectivity index (χ1v) is 11.4. The second-order valence-corrected chi connectivity index (χ2v) is 8.80. The first-order chi connectivity index (χ1) is 14.9. The van der Waals surface area contributed by atoms with E-state index in [1.54, 1.807) is 18.3 Å². The molecule has 0 unspecified atom stereocenters. The molecule has 1 aromatic heterocycles. The predicted molar refractivity (Wildman–Crippen MR) is 118 cm³/mol. The number of unbranched alkanes of at least 4 members (excludes halogenated alkanes) is 2. The summed E-state index contributed by atoms with van der Waals surface area (Å²) in [6, 6.07) is 12.1. The van der Waals surface area contributed by atoms with Crippen LogP contribution in [0.4, 0.5) is 0 Å². The first-order valence-electron chi connectivity index (χ1n) is 9.90. The van der Waals surface area contributed by atoms with Crippen LogP contribution in [-0.4, -0.2) is 42.2 Å². The molecular weight excluding hydrogens is 416 g/mol. The average Bonchev–Trinajstić information content (AvgIpc) is 3.16. The Kier molecular flexibility index (Phi) is 7.47. The number of benzene rings is 2. The van der Waals surface area contributed by atoms with Crippen molar-refractivity contribution in [3.8, 4) is 11.8 Å². The minimum Gasteiger partial charge on any atom is -0.480 e. The number of carboxylic acids is 1. The highest BCUT2D eigenvalue weighted by molar-refractivity contribution is 7.89. The van der Waals surface area contributed by atoms with Gasteiger partial charge >= 0.3 is 5.97 Å². The minimum absolute atomic E-state index is 0.00990. The number of rotatable bonds is 9. The van der Waals surface area contributed by atoms with Gasteiger partial charge in [-0.15, -0.1) is 0 Å². The molecule has 0 saturated heterocycles. The lowest BCUT2D eigenvalue weighted by atomic mass is 10.1. The molecule has 0 aliphatic heterocycles. The zero-order valence-corrected chi connectivity index (χ0v) is 17.7. The van der Waals surface area contributed by atoms with Crippen LogP contribution in [0.25, 0.3) is 10.9 Å². The Morgan fingerprint density at radius 2 is 1.84 bits per heavy atom. The van der Waals surface area contributed by atoms with Crippen LogP contribution in [0.1, 0.15) is 30.4 Å². The van der Waals surface area contributed by atoms with Crippen LogP contribution in [-0.2, 0) is 21.2 Å². The Labute approximate surface area is 181 Å². The van der Waals surface area contributed by atoms with Crippen molar-refractivity contribution >= 4 is 26.9 Å². The molecule has 4 N–H and O–H groups in total. The lowest BCUT2D eigenvalue weighted by Crippen LogP contribution is -2.42. The molecule has 0 radical (unpaired) electrons. The van der Waals surface area contributed by atoms with Crippen LogP contribution in [0.15, 0.2) is 59.6 Å². The molecule has 8 heteroatoms. The monoisotopic (exact) mass is 440 g/mol. The number of aromatic nitrogens is 1. The van der Waals surface area contributed by atoms with E-state index in [-0.39, 0.29) is 17.9 Å². The Hall–Kier alpha value is -3.12. The number of aliphatic hydroxyl groups is 1. The fourth-order valence-corrected chi connectivity index (χ4v) is 4.35. The fourth-order valence-electron chi connectivity index (χ4n) is 3.16. The molecule has 3 rings (SSSR count). The van der Waals surface area contributed by atoms with Gasteiger partial charge in [0.25, 0.3) is 0 Å². The van der Waals surface area contributed by atoms with E-state index in [0.29, 0.717) is 18.4 Å². The first kappa shape index (κ1) is 22.6. The van der Waals surface area contributed by atoms with Gasteiger partial charge in [-0.25, -0.2) is 8.42 Å². The van der Waals surface area contributed by atoms with Crippen molar-refractivity contribution < 1.29 is 23.4 Å². The van der Waals surface area contributed by atoms with Crippen molar-refractivity contribution in [2.24, 2.45) is 0 Å². The Morgan fingerprint density at radius 1 is 1.10 bits per heavy atom. The Bertz CT molecular complexity index is 1200.